The second kappa shape index (κ2) is 13.9. The number of likely N-dealkylation sites (tertiary alicyclic amines) is 1. The second-order valence-electron chi connectivity index (χ2n) is 13.9. The van der Waals surface area contributed by atoms with Gasteiger partial charge >= 0.3 is 0 Å². The molecule has 6 aromatic rings. The van der Waals surface area contributed by atoms with Crippen molar-refractivity contribution in [3.8, 4) is 33.6 Å². The fraction of sp³-hybridized carbons (Fsp3) is 0.350. The zero-order chi connectivity index (χ0) is 33.2. The minimum atomic E-state index is -0.213. The minimum absolute atomic E-state index is 0.213. The molecule has 9 heteroatoms. The first-order valence-electron chi connectivity index (χ1n) is 17.8. The quantitative estimate of drug-likeness (QED) is 0.129. The molecule has 2 aliphatic rings. The summed E-state index contributed by atoms with van der Waals surface area (Å²) in [5.74, 6) is 0.502. The van der Waals surface area contributed by atoms with Gasteiger partial charge in [0.2, 0.25) is 0 Å². The van der Waals surface area contributed by atoms with Crippen LogP contribution in [0.1, 0.15) is 63.4 Å². The highest BCUT2D eigenvalue weighted by molar-refractivity contribution is 5.99. The summed E-state index contributed by atoms with van der Waals surface area (Å²) in [7, 11) is 0. The molecule has 1 aromatic carbocycles. The largest absolute Gasteiger partial charge is 0.358 e. The van der Waals surface area contributed by atoms with Crippen LogP contribution in [-0.4, -0.2) is 54.7 Å². The molecule has 0 spiro atoms. The van der Waals surface area contributed by atoms with Gasteiger partial charge in [-0.05, 0) is 111 Å². The average Bonchev–Trinajstić information content (AvgIpc) is 3.88. The van der Waals surface area contributed by atoms with Crippen LogP contribution in [0.3, 0.4) is 0 Å². The number of halogens is 1. The van der Waals surface area contributed by atoms with Gasteiger partial charge in [0, 0.05) is 46.2 Å². The number of hydrogen-bond donors (Lipinski definition) is 3. The third-order valence-corrected chi connectivity index (χ3v) is 10.3. The maximum Gasteiger partial charge on any atom is 0.181 e. The first-order chi connectivity index (χ1) is 24.1. The van der Waals surface area contributed by atoms with Crippen LogP contribution in [0.15, 0.2) is 79.5 Å². The maximum absolute atomic E-state index is 14.9. The van der Waals surface area contributed by atoms with Gasteiger partial charge in [0.05, 0.1) is 23.3 Å². The van der Waals surface area contributed by atoms with E-state index in [0.29, 0.717) is 11.6 Å². The molecule has 0 bridgehead atoms. The number of hydrogen-bond acceptors (Lipinski definition) is 6. The number of aryl methyl sites for hydroxylation is 1. The molecule has 0 unspecified atom stereocenters. The predicted molar refractivity (Wildman–Crippen MR) is 196 cm³/mol. The number of anilines is 1. The van der Waals surface area contributed by atoms with Crippen molar-refractivity contribution in [3.63, 3.8) is 0 Å². The van der Waals surface area contributed by atoms with E-state index in [2.05, 4.69) is 71.2 Å². The van der Waals surface area contributed by atoms with Gasteiger partial charge in [-0.1, -0.05) is 44.7 Å². The van der Waals surface area contributed by atoms with Crippen molar-refractivity contribution in [2.24, 2.45) is 5.92 Å². The standard InChI is InChI=1S/C40H43FN8/c1-26(16-27-8-3-2-4-9-27)45-33-20-30(23-42-25-33)31-21-36-38(47-48-40(36)44-24-31)37-22-35-34(11-12-43-39(35)46-37)29-17-28(18-32(41)19-29)10-7-15-49-13-5-6-14-49/h11-12,17-25,27,45H,1-10,13-16H2,(H,43,46)(H,44,47,48). The number of fused-ring (bicyclic) bond motifs is 2. The molecule has 1 saturated carbocycles. The Kier molecular flexibility index (Phi) is 8.91. The van der Waals surface area contributed by atoms with Crippen molar-refractivity contribution in [2.45, 2.75) is 64.2 Å². The topological polar surface area (TPSA) is 98.4 Å². The average molecular weight is 655 g/mol. The number of aromatic amines is 2. The van der Waals surface area contributed by atoms with E-state index in [4.69, 9.17) is 0 Å². The van der Waals surface area contributed by atoms with Crippen molar-refractivity contribution in [1.82, 2.24) is 35.0 Å². The van der Waals surface area contributed by atoms with Gasteiger partial charge in [-0.15, -0.1) is 0 Å². The summed E-state index contributed by atoms with van der Waals surface area (Å²) in [6, 6.07) is 13.6. The highest BCUT2D eigenvalue weighted by Gasteiger charge is 2.18. The van der Waals surface area contributed by atoms with E-state index in [1.165, 1.54) is 58.0 Å². The summed E-state index contributed by atoms with van der Waals surface area (Å²) in [5.41, 5.74) is 9.69. The van der Waals surface area contributed by atoms with Crippen LogP contribution in [0.25, 0.3) is 55.7 Å². The number of benzene rings is 1. The van der Waals surface area contributed by atoms with Crippen molar-refractivity contribution in [2.75, 3.05) is 25.0 Å². The van der Waals surface area contributed by atoms with Crippen molar-refractivity contribution in [3.05, 3.63) is 90.9 Å². The predicted octanol–water partition coefficient (Wildman–Crippen LogP) is 9.29. The first-order valence-corrected chi connectivity index (χ1v) is 17.8. The van der Waals surface area contributed by atoms with E-state index < -0.39 is 0 Å². The Morgan fingerprint density at radius 1 is 0.898 bits per heavy atom. The molecule has 5 aromatic heterocycles. The Labute approximate surface area is 286 Å². The molecular formula is C40H43FN8. The lowest BCUT2D eigenvalue weighted by atomic mass is 9.86. The summed E-state index contributed by atoms with van der Waals surface area (Å²) in [5, 5.41) is 13.0. The molecule has 1 aliphatic heterocycles. The smallest absolute Gasteiger partial charge is 0.181 e. The molecule has 8 rings (SSSR count). The monoisotopic (exact) mass is 654 g/mol. The van der Waals surface area contributed by atoms with E-state index in [1.54, 1.807) is 18.3 Å². The molecule has 8 nitrogen and oxygen atoms in total. The third-order valence-electron chi connectivity index (χ3n) is 10.3. The highest BCUT2D eigenvalue weighted by Crippen LogP contribution is 2.35. The number of nitrogens with zero attached hydrogens (tertiary/aromatic N) is 5. The number of pyridine rings is 3. The van der Waals surface area contributed by atoms with Crippen molar-refractivity contribution < 1.29 is 4.39 Å². The number of allylic oxidation sites excluding steroid dienone is 1. The van der Waals surface area contributed by atoms with Gasteiger partial charge in [-0.2, -0.15) is 5.10 Å². The van der Waals surface area contributed by atoms with Gasteiger partial charge in [0.15, 0.2) is 5.65 Å². The number of rotatable bonds is 11. The van der Waals surface area contributed by atoms with Crippen LogP contribution < -0.4 is 5.32 Å². The second-order valence-corrected chi connectivity index (χ2v) is 13.9. The Morgan fingerprint density at radius 3 is 2.63 bits per heavy atom. The van der Waals surface area contributed by atoms with Crippen molar-refractivity contribution in [1.29, 1.82) is 0 Å². The van der Waals surface area contributed by atoms with Crippen molar-refractivity contribution >= 4 is 27.8 Å². The third kappa shape index (κ3) is 6.99. The molecule has 3 N–H and O–H groups in total. The van der Waals surface area contributed by atoms with Crippen LogP contribution in [-0.2, 0) is 6.42 Å². The Hall–Kier alpha value is -4.89. The fourth-order valence-electron chi connectivity index (χ4n) is 7.80. The number of H-pyrrole nitrogens is 2. The zero-order valence-electron chi connectivity index (χ0n) is 27.9. The van der Waals surface area contributed by atoms with E-state index in [9.17, 15) is 4.39 Å². The van der Waals surface area contributed by atoms with E-state index in [-0.39, 0.29) is 5.82 Å². The van der Waals surface area contributed by atoms with Gasteiger partial charge in [0.1, 0.15) is 11.5 Å². The maximum atomic E-state index is 14.9. The normalized spacial score (nSPS) is 15.8. The lowest BCUT2D eigenvalue weighted by molar-refractivity contribution is 0.334. The van der Waals surface area contributed by atoms with Crippen LogP contribution >= 0.6 is 0 Å². The Morgan fingerprint density at radius 2 is 1.76 bits per heavy atom. The Balaban J connectivity index is 1.05. The van der Waals surface area contributed by atoms with Gasteiger partial charge in [-0.3, -0.25) is 10.1 Å². The lowest BCUT2D eigenvalue weighted by Crippen LogP contribution is -2.20. The SMILES string of the molecule is C=C(CC1CCCCC1)Nc1cncc(-c2cnc3n[nH]c(-c4cc5c(-c6cc(F)cc(CCCN7CCCC7)c6)ccnc5[nH]4)c3c2)c1. The summed E-state index contributed by atoms with van der Waals surface area (Å²) in [4.78, 5) is 19.8. The van der Waals surface area contributed by atoms with E-state index in [1.807, 2.05) is 24.7 Å². The minimum Gasteiger partial charge on any atom is -0.358 e. The molecular weight excluding hydrogens is 611 g/mol. The summed E-state index contributed by atoms with van der Waals surface area (Å²) in [6.45, 7) is 7.74. The number of aromatic nitrogens is 6. The lowest BCUT2D eigenvalue weighted by Gasteiger charge is -2.22. The molecule has 1 aliphatic carbocycles. The van der Waals surface area contributed by atoms with Crippen LogP contribution in [0.2, 0.25) is 0 Å². The fourth-order valence-corrected chi connectivity index (χ4v) is 7.80. The first kappa shape index (κ1) is 31.4. The van der Waals surface area contributed by atoms with Gasteiger partial charge < -0.3 is 15.2 Å². The number of nitrogens with one attached hydrogen (secondary N) is 3. The molecule has 6 heterocycles. The summed E-state index contributed by atoms with van der Waals surface area (Å²) >= 11 is 0. The van der Waals surface area contributed by atoms with E-state index >= 15 is 0 Å². The summed E-state index contributed by atoms with van der Waals surface area (Å²) in [6.07, 6.45) is 19.3. The molecule has 49 heavy (non-hydrogen) atoms. The summed E-state index contributed by atoms with van der Waals surface area (Å²) < 4.78 is 14.9. The van der Waals surface area contributed by atoms with Crippen LogP contribution in [0.4, 0.5) is 10.1 Å². The molecule has 0 atom stereocenters. The molecule has 2 fully saturated rings. The van der Waals surface area contributed by atoms with Crippen LogP contribution in [0, 0.1) is 11.7 Å². The molecule has 1 saturated heterocycles. The van der Waals surface area contributed by atoms with Gasteiger partial charge in [-0.25, -0.2) is 14.4 Å². The zero-order valence-corrected chi connectivity index (χ0v) is 27.9. The van der Waals surface area contributed by atoms with Crippen LogP contribution in [0.5, 0.6) is 0 Å². The van der Waals surface area contributed by atoms with Gasteiger partial charge in [0.25, 0.3) is 0 Å². The highest BCUT2D eigenvalue weighted by atomic mass is 19.1. The molecule has 250 valence electrons. The Bertz CT molecular complexity index is 2100. The molecule has 0 radical (unpaired) electrons. The van der Waals surface area contributed by atoms with E-state index in [0.717, 1.165) is 92.8 Å². The molecule has 0 amide bonds.